The first-order valence-electron chi connectivity index (χ1n) is 11.3. The quantitative estimate of drug-likeness (QED) is 0.458. The lowest BCUT2D eigenvalue weighted by Crippen LogP contribution is -2.58. The van der Waals surface area contributed by atoms with E-state index in [9.17, 15) is 14.4 Å². The van der Waals surface area contributed by atoms with Crippen LogP contribution in [0.25, 0.3) is 0 Å². The molecule has 0 bridgehead atoms. The van der Waals surface area contributed by atoms with E-state index in [1.165, 1.54) is 38.7 Å². The van der Waals surface area contributed by atoms with Gasteiger partial charge in [-0.15, -0.1) is 0 Å². The summed E-state index contributed by atoms with van der Waals surface area (Å²) >= 11 is 7.98. The van der Waals surface area contributed by atoms with Crippen molar-refractivity contribution in [3.05, 3.63) is 61.6 Å². The Morgan fingerprint density at radius 2 is 1.92 bits per heavy atom. The minimum absolute atomic E-state index is 0.0536. The lowest BCUT2D eigenvalue weighted by molar-refractivity contribution is -0.136. The van der Waals surface area contributed by atoms with Crippen LogP contribution in [0.15, 0.2) is 45.4 Å². The van der Waals surface area contributed by atoms with Gasteiger partial charge in [-0.05, 0) is 35.7 Å². The van der Waals surface area contributed by atoms with E-state index in [1.54, 1.807) is 13.8 Å². The lowest BCUT2D eigenvalue weighted by atomic mass is 9.65. The molecule has 0 amide bonds. The lowest BCUT2D eigenvalue weighted by Gasteiger charge is -2.42. The van der Waals surface area contributed by atoms with Crippen molar-refractivity contribution in [2.24, 2.45) is 5.92 Å². The number of carbonyl (C=O) groups excluding carboxylic acids is 3. The SMILES string of the molecule is COC(=O)C1=C(C)NC2=C(C(=O)[C@@]3(Oc4c(Cl)c(OC)cc(OC)c4C3=O)[C@H](C)C2)[C@H]1c1ccsc1. The van der Waals surface area contributed by atoms with Crippen molar-refractivity contribution < 1.29 is 33.3 Å². The van der Waals surface area contributed by atoms with Crippen LogP contribution in [0.3, 0.4) is 0 Å². The predicted molar refractivity (Wildman–Crippen MR) is 133 cm³/mol. The summed E-state index contributed by atoms with van der Waals surface area (Å²) in [6.45, 7) is 3.57. The summed E-state index contributed by atoms with van der Waals surface area (Å²) in [5, 5.41) is 7.07. The number of rotatable bonds is 4. The number of Topliss-reactive ketones (excluding diaryl/α,β-unsaturated/α-hetero) is 2. The van der Waals surface area contributed by atoms with Crippen LogP contribution in [0.4, 0.5) is 0 Å². The first kappa shape index (κ1) is 24.4. The van der Waals surface area contributed by atoms with Crippen LogP contribution in [-0.2, 0) is 14.3 Å². The Morgan fingerprint density at radius 1 is 1.19 bits per heavy atom. The molecule has 5 rings (SSSR count). The smallest absolute Gasteiger partial charge is 0.336 e. The molecule has 0 fully saturated rings. The molecule has 8 nitrogen and oxygen atoms in total. The number of ketones is 2. The normalized spacial score (nSPS) is 24.8. The molecule has 1 aromatic carbocycles. The first-order valence-corrected chi connectivity index (χ1v) is 12.6. The number of esters is 1. The molecule has 3 aliphatic rings. The molecule has 0 radical (unpaired) electrons. The second-order valence-electron chi connectivity index (χ2n) is 8.94. The number of benzene rings is 1. The summed E-state index contributed by atoms with van der Waals surface area (Å²) < 4.78 is 22.1. The Morgan fingerprint density at radius 3 is 2.53 bits per heavy atom. The summed E-state index contributed by atoms with van der Waals surface area (Å²) in [6.07, 6.45) is 0.338. The molecule has 0 saturated heterocycles. The number of fused-ring (bicyclic) bond motifs is 1. The molecule has 2 aromatic rings. The Kier molecular flexibility index (Phi) is 5.88. The number of thiophene rings is 1. The van der Waals surface area contributed by atoms with Crippen molar-refractivity contribution in [1.82, 2.24) is 5.32 Å². The topological polar surface area (TPSA) is 100 Å². The highest BCUT2D eigenvalue weighted by molar-refractivity contribution is 7.08. The van der Waals surface area contributed by atoms with Gasteiger partial charge in [0.1, 0.15) is 22.1 Å². The largest absolute Gasteiger partial charge is 0.496 e. The molecule has 3 heterocycles. The van der Waals surface area contributed by atoms with Crippen molar-refractivity contribution in [2.45, 2.75) is 31.8 Å². The molecule has 1 N–H and O–H groups in total. The molecule has 1 aromatic heterocycles. The third-order valence-corrected chi connectivity index (χ3v) is 8.19. The zero-order chi connectivity index (χ0) is 25.9. The summed E-state index contributed by atoms with van der Waals surface area (Å²) in [7, 11) is 4.15. The maximum absolute atomic E-state index is 14.5. The molecule has 36 heavy (non-hydrogen) atoms. The first-order chi connectivity index (χ1) is 17.2. The minimum atomic E-state index is -1.87. The summed E-state index contributed by atoms with van der Waals surface area (Å²) in [4.78, 5) is 41.4. The molecule has 1 spiro atoms. The van der Waals surface area contributed by atoms with E-state index in [-0.39, 0.29) is 27.8 Å². The number of allylic oxidation sites excluding steroid dienone is 2. The highest BCUT2D eigenvalue weighted by Crippen LogP contribution is 2.56. The van der Waals surface area contributed by atoms with Crippen LogP contribution in [-0.4, -0.2) is 44.5 Å². The molecular weight excluding hydrogens is 506 g/mol. The standard InChI is InChI=1S/C26H24ClNO7S/c1-11-8-14-19(18(13-6-7-36-10-13)17(12(2)28-14)25(31)34-5)23(29)26(11)24(30)20-15(32-3)9-16(33-4)21(27)22(20)35-26/h6-7,9-11,18,28H,8H2,1-5H3/t11-,18+,26+/m1/s1. The van der Waals surface area contributed by atoms with Crippen molar-refractivity contribution in [2.75, 3.05) is 21.3 Å². The van der Waals surface area contributed by atoms with E-state index >= 15 is 0 Å². The fraction of sp³-hybridized carbons (Fsp3) is 0.346. The molecule has 2 aliphatic heterocycles. The van der Waals surface area contributed by atoms with Gasteiger partial charge in [-0.2, -0.15) is 11.3 Å². The highest BCUT2D eigenvalue weighted by atomic mass is 35.5. The van der Waals surface area contributed by atoms with E-state index in [0.29, 0.717) is 29.0 Å². The summed E-state index contributed by atoms with van der Waals surface area (Å²) in [6, 6.07) is 3.36. The third-order valence-electron chi connectivity index (χ3n) is 7.13. The second-order valence-corrected chi connectivity index (χ2v) is 10.1. The molecular formula is C26H24ClNO7S. The Hall–Kier alpha value is -3.30. The monoisotopic (exact) mass is 529 g/mol. The average Bonchev–Trinajstić information content (AvgIpc) is 3.50. The van der Waals surface area contributed by atoms with E-state index in [4.69, 9.17) is 30.5 Å². The minimum Gasteiger partial charge on any atom is -0.496 e. The maximum Gasteiger partial charge on any atom is 0.336 e. The van der Waals surface area contributed by atoms with Crippen LogP contribution in [0.2, 0.25) is 5.02 Å². The van der Waals surface area contributed by atoms with E-state index in [1.807, 2.05) is 16.8 Å². The van der Waals surface area contributed by atoms with Crippen LogP contribution in [0, 0.1) is 5.92 Å². The number of hydrogen-bond acceptors (Lipinski definition) is 9. The second kappa shape index (κ2) is 8.67. The van der Waals surface area contributed by atoms with Gasteiger partial charge >= 0.3 is 5.97 Å². The van der Waals surface area contributed by atoms with Crippen LogP contribution >= 0.6 is 22.9 Å². The van der Waals surface area contributed by atoms with Gasteiger partial charge in [0.05, 0.1) is 26.9 Å². The van der Waals surface area contributed by atoms with E-state index in [2.05, 4.69) is 5.32 Å². The highest BCUT2D eigenvalue weighted by Gasteiger charge is 2.63. The van der Waals surface area contributed by atoms with Gasteiger partial charge in [0.2, 0.25) is 17.2 Å². The predicted octanol–water partition coefficient (Wildman–Crippen LogP) is 4.43. The summed E-state index contributed by atoms with van der Waals surface area (Å²) in [5.41, 5.74) is 0.864. The fourth-order valence-corrected chi connectivity index (χ4v) is 6.38. The van der Waals surface area contributed by atoms with E-state index in [0.717, 1.165) is 5.56 Å². The Balaban J connectivity index is 1.70. The van der Waals surface area contributed by atoms with Crippen molar-refractivity contribution in [3.63, 3.8) is 0 Å². The van der Waals surface area contributed by atoms with Crippen LogP contribution < -0.4 is 19.5 Å². The van der Waals surface area contributed by atoms with Gasteiger partial charge in [0.15, 0.2) is 5.75 Å². The van der Waals surface area contributed by atoms with Crippen LogP contribution in [0.1, 0.15) is 42.1 Å². The Bertz CT molecular complexity index is 1380. The van der Waals surface area contributed by atoms with Crippen molar-refractivity contribution in [1.29, 1.82) is 0 Å². The number of dihydropyridines is 1. The van der Waals surface area contributed by atoms with Crippen LogP contribution in [0.5, 0.6) is 17.2 Å². The maximum atomic E-state index is 14.5. The zero-order valence-electron chi connectivity index (χ0n) is 20.3. The van der Waals surface area contributed by atoms with Gasteiger partial charge in [-0.1, -0.05) is 18.5 Å². The number of carbonyl (C=O) groups is 3. The van der Waals surface area contributed by atoms with E-state index < -0.39 is 35.0 Å². The van der Waals surface area contributed by atoms with Gasteiger partial charge in [-0.25, -0.2) is 4.79 Å². The van der Waals surface area contributed by atoms with Gasteiger partial charge < -0.3 is 24.3 Å². The molecule has 0 unspecified atom stereocenters. The Labute approximate surface area is 216 Å². The fourth-order valence-electron chi connectivity index (χ4n) is 5.43. The van der Waals surface area contributed by atoms with Gasteiger partial charge in [0.25, 0.3) is 0 Å². The van der Waals surface area contributed by atoms with Gasteiger partial charge in [-0.3, -0.25) is 9.59 Å². The van der Waals surface area contributed by atoms with Crippen molar-refractivity contribution in [3.8, 4) is 17.2 Å². The number of nitrogens with one attached hydrogen (secondary N) is 1. The number of ether oxygens (including phenoxy) is 4. The molecule has 10 heteroatoms. The number of halogens is 1. The molecule has 0 saturated carbocycles. The average molecular weight is 530 g/mol. The number of hydrogen-bond donors (Lipinski definition) is 1. The molecule has 1 aliphatic carbocycles. The zero-order valence-corrected chi connectivity index (χ0v) is 21.9. The van der Waals surface area contributed by atoms with Gasteiger partial charge in [0, 0.05) is 34.9 Å². The number of methoxy groups -OCH3 is 3. The van der Waals surface area contributed by atoms with Crippen molar-refractivity contribution >= 4 is 40.5 Å². The molecule has 188 valence electrons. The third kappa shape index (κ3) is 3.15. The molecule has 3 atom stereocenters. The summed E-state index contributed by atoms with van der Waals surface area (Å²) in [5.74, 6) is -2.35.